The summed E-state index contributed by atoms with van der Waals surface area (Å²) in [5.74, 6) is -4.21. The van der Waals surface area contributed by atoms with Gasteiger partial charge < -0.3 is 71.4 Å². The van der Waals surface area contributed by atoms with Crippen LogP contribution in [0.1, 0.15) is 72.0 Å². The quantitative estimate of drug-likeness (QED) is 0.0273. The number of rotatable bonds is 28. The molecule has 95 heavy (non-hydrogen) atoms. The Morgan fingerprint density at radius 2 is 0.758 bits per heavy atom. The fourth-order valence-electron chi connectivity index (χ4n) is 11.1. The van der Waals surface area contributed by atoms with Gasteiger partial charge in [-0.3, -0.25) is 4.79 Å². The van der Waals surface area contributed by atoms with Gasteiger partial charge in [-0.2, -0.15) is 0 Å². The van der Waals surface area contributed by atoms with Crippen LogP contribution in [0.15, 0.2) is 212 Å². The Bertz CT molecular complexity index is 3520. The van der Waals surface area contributed by atoms with Crippen LogP contribution in [0.2, 0.25) is 25.7 Å². The minimum absolute atomic E-state index is 0.00231. The van der Waals surface area contributed by atoms with E-state index in [4.69, 9.17) is 66.3 Å². The van der Waals surface area contributed by atoms with Gasteiger partial charge >= 0.3 is 29.8 Å². The maximum atomic E-state index is 14.9. The van der Waals surface area contributed by atoms with E-state index < -0.39 is 143 Å². The lowest BCUT2D eigenvalue weighted by Crippen LogP contribution is -2.68. The maximum Gasteiger partial charge on any atom is 0.338 e. The van der Waals surface area contributed by atoms with Crippen LogP contribution in [-0.4, -0.2) is 155 Å². The summed E-state index contributed by atoms with van der Waals surface area (Å²) in [6, 6.07) is 61.7. The van der Waals surface area contributed by atoms with Gasteiger partial charge in [0.2, 0.25) is 0 Å². The molecule has 3 heterocycles. The predicted octanol–water partition coefficient (Wildman–Crippen LogP) is 10.5. The number of aliphatic hydroxyl groups is 1. The van der Waals surface area contributed by atoms with E-state index in [1.807, 2.05) is 97.9 Å². The Kier molecular flexibility index (Phi) is 24.8. The first kappa shape index (κ1) is 69.5. The molecule has 0 aliphatic carbocycles. The van der Waals surface area contributed by atoms with Gasteiger partial charge in [0.05, 0.1) is 48.2 Å². The molecular formula is C74H80O20Si. The molecule has 20 nitrogen and oxygen atoms in total. The number of aliphatic hydroxyl groups excluding tert-OH is 1. The van der Waals surface area contributed by atoms with Crippen molar-refractivity contribution in [2.45, 2.75) is 151 Å². The molecule has 0 aromatic heterocycles. The van der Waals surface area contributed by atoms with Crippen molar-refractivity contribution in [3.05, 3.63) is 251 Å². The fraction of sp³-hybridized carbons (Fsp3) is 0.365. The Morgan fingerprint density at radius 3 is 1.20 bits per heavy atom. The zero-order valence-corrected chi connectivity index (χ0v) is 54.5. The highest BCUT2D eigenvalue weighted by Gasteiger charge is 2.58. The number of ether oxygens (including phenoxy) is 14. The van der Waals surface area contributed by atoms with Crippen LogP contribution in [0.25, 0.3) is 0 Å². The van der Waals surface area contributed by atoms with E-state index in [2.05, 4.69) is 19.6 Å². The van der Waals surface area contributed by atoms with Gasteiger partial charge in [0.25, 0.3) is 0 Å². The van der Waals surface area contributed by atoms with Crippen molar-refractivity contribution in [1.82, 2.24) is 0 Å². The third-order valence-corrected chi connectivity index (χ3v) is 17.8. The molecule has 21 heteroatoms. The van der Waals surface area contributed by atoms with Crippen molar-refractivity contribution in [1.29, 1.82) is 0 Å². The summed E-state index contributed by atoms with van der Waals surface area (Å²) in [6.45, 7) is 8.49. The SMILES string of the molecule is CC(=O)O[C@@H]1[C@H](O)[C@@H](OC(=O)c2ccccc2)[C@H](O[C@@H]2[C@H](OC3O[C@@H](C)[C@@H](OCc4ccccc4)[C@@H](OCc4ccccc4)[C@@H]3OCc3ccccc3)[C@@H](OC(=O)c3ccccc3)[C@H](OCC[Si](C)(C)C)O[C@@H]2COC(=O)c2ccccc2)O[C@@H]1COC(=O)c1ccccc1. The molecule has 3 aliphatic heterocycles. The molecule has 1 N–H and O–H groups in total. The molecule has 3 fully saturated rings. The molecule has 500 valence electrons. The molecule has 0 bridgehead atoms. The molecule has 1 unspecified atom stereocenters. The Morgan fingerprint density at radius 1 is 0.389 bits per heavy atom. The topological polar surface area (TPSA) is 235 Å². The van der Waals surface area contributed by atoms with Gasteiger partial charge in [-0.25, -0.2) is 19.2 Å². The van der Waals surface area contributed by atoms with Crippen LogP contribution in [0.3, 0.4) is 0 Å². The predicted molar refractivity (Wildman–Crippen MR) is 347 cm³/mol. The minimum atomic E-state index is -1.98. The average Bonchev–Trinajstić information content (AvgIpc) is 0.777. The highest BCUT2D eigenvalue weighted by atomic mass is 28.3. The van der Waals surface area contributed by atoms with E-state index in [1.54, 1.807) is 97.1 Å². The van der Waals surface area contributed by atoms with Crippen molar-refractivity contribution < 1.29 is 95.4 Å². The third-order valence-electron chi connectivity index (χ3n) is 16.1. The first-order valence-electron chi connectivity index (χ1n) is 31.7. The number of carbonyl (C=O) groups excluding carboxylic acids is 5. The molecular weight excluding hydrogens is 1240 g/mol. The number of hydrogen-bond acceptors (Lipinski definition) is 20. The average molecular weight is 1320 g/mol. The second-order valence-corrected chi connectivity index (χ2v) is 30.0. The van der Waals surface area contributed by atoms with E-state index >= 15 is 0 Å². The summed E-state index contributed by atoms with van der Waals surface area (Å²) in [5.41, 5.74) is 3.06. The molecule has 0 radical (unpaired) electrons. The molecule has 7 aromatic rings. The van der Waals surface area contributed by atoms with Crippen LogP contribution >= 0.6 is 0 Å². The van der Waals surface area contributed by atoms with E-state index in [0.717, 1.165) is 23.6 Å². The number of benzene rings is 7. The highest BCUT2D eigenvalue weighted by Crippen LogP contribution is 2.39. The lowest BCUT2D eigenvalue weighted by atomic mass is 9.95. The van der Waals surface area contributed by atoms with Crippen molar-refractivity contribution >= 4 is 37.9 Å². The van der Waals surface area contributed by atoms with E-state index in [-0.39, 0.29) is 48.7 Å². The van der Waals surface area contributed by atoms with Gasteiger partial charge in [0.15, 0.2) is 37.2 Å². The van der Waals surface area contributed by atoms with Crippen LogP contribution < -0.4 is 0 Å². The largest absolute Gasteiger partial charge is 0.459 e. The van der Waals surface area contributed by atoms with E-state index in [1.165, 1.54) is 24.3 Å². The first-order valence-corrected chi connectivity index (χ1v) is 35.4. The van der Waals surface area contributed by atoms with Crippen molar-refractivity contribution in [2.75, 3.05) is 19.8 Å². The molecule has 15 atom stereocenters. The van der Waals surface area contributed by atoms with Gasteiger partial charge in [-0.05, 0) is 78.2 Å². The van der Waals surface area contributed by atoms with Crippen molar-refractivity contribution in [3.63, 3.8) is 0 Å². The standard InChI is InChI=1S/C74H80O20Si/c1-48-60(82-43-50-27-13-6-14-28-50)64(83-44-51-29-15-7-16-30-51)66(84-45-52-31-17-8-18-32-52)74(87-48)94-65-62(58(47-86-69(78)54-35-21-10-22-36-54)89-72(81-41-42-95(3,4)5)67(65)92-71(80)56-39-25-12-26-40-56)93-73-63(91-70(79)55-37-23-11-24-38-55)59(76)61(88-49(2)75)57(90-73)46-85-68(77)53-33-19-9-20-34-53/h6-40,48,57-67,72-74,76H,41-47H2,1-5H3/t48-,57+,58+,59-,60+,61-,62-,63+,64+,65-,66-,67+,72+,73-,74?/m0/s1. The normalized spacial score (nSPS) is 25.9. The van der Waals surface area contributed by atoms with Gasteiger partial charge in [0, 0.05) is 21.6 Å². The van der Waals surface area contributed by atoms with E-state index in [9.17, 15) is 29.1 Å². The van der Waals surface area contributed by atoms with Crippen LogP contribution in [-0.2, 0) is 90.9 Å². The van der Waals surface area contributed by atoms with E-state index in [0.29, 0.717) is 6.04 Å². The molecule has 3 aliphatic rings. The van der Waals surface area contributed by atoms with Crippen LogP contribution in [0.5, 0.6) is 0 Å². The zero-order chi connectivity index (χ0) is 66.7. The Hall–Kier alpha value is -8.29. The molecule has 0 amide bonds. The lowest BCUT2D eigenvalue weighted by Gasteiger charge is -2.51. The first-order chi connectivity index (χ1) is 46.0. The maximum absolute atomic E-state index is 14.9. The highest BCUT2D eigenvalue weighted by molar-refractivity contribution is 6.76. The monoisotopic (exact) mass is 1320 g/mol. The van der Waals surface area contributed by atoms with Crippen molar-refractivity contribution in [2.24, 2.45) is 0 Å². The smallest absolute Gasteiger partial charge is 0.338 e. The molecule has 3 saturated heterocycles. The molecule has 7 aromatic carbocycles. The Labute approximate surface area is 553 Å². The third kappa shape index (κ3) is 19.5. The van der Waals surface area contributed by atoms with Crippen LogP contribution in [0, 0.1) is 0 Å². The fourth-order valence-corrected chi connectivity index (χ4v) is 11.9. The summed E-state index contributed by atoms with van der Waals surface area (Å²) < 4.78 is 93.6. The van der Waals surface area contributed by atoms with Gasteiger partial charge in [-0.15, -0.1) is 0 Å². The van der Waals surface area contributed by atoms with Crippen molar-refractivity contribution in [3.8, 4) is 0 Å². The number of esters is 5. The van der Waals surface area contributed by atoms with Crippen LogP contribution in [0.4, 0.5) is 0 Å². The Balaban J connectivity index is 1.13. The summed E-state index contributed by atoms with van der Waals surface area (Å²) in [7, 11) is -1.89. The number of carbonyl (C=O) groups is 5. The second kappa shape index (κ2) is 33.9. The molecule has 0 spiro atoms. The summed E-state index contributed by atoms with van der Waals surface area (Å²) in [4.78, 5) is 70.2. The molecule has 0 saturated carbocycles. The summed E-state index contributed by atoms with van der Waals surface area (Å²) >= 11 is 0. The van der Waals surface area contributed by atoms with Gasteiger partial charge in [-0.1, -0.05) is 183 Å². The summed E-state index contributed by atoms with van der Waals surface area (Å²) in [5, 5.41) is 12.7. The zero-order valence-electron chi connectivity index (χ0n) is 53.5. The van der Waals surface area contributed by atoms with Gasteiger partial charge in [0.1, 0.15) is 62.0 Å². The summed E-state index contributed by atoms with van der Waals surface area (Å²) in [6.07, 6.45) is -22.5. The minimum Gasteiger partial charge on any atom is -0.459 e. The molecule has 10 rings (SSSR count). The lowest BCUT2D eigenvalue weighted by molar-refractivity contribution is -0.389. The second-order valence-electron chi connectivity index (χ2n) is 24.4. The number of hydrogen-bond donors (Lipinski definition) is 1.